The zero-order valence-electron chi connectivity index (χ0n) is 8.22. The van der Waals surface area contributed by atoms with Gasteiger partial charge in [0.15, 0.2) is 0 Å². The zero-order valence-corrected chi connectivity index (χ0v) is 9.03. The third-order valence-electron chi connectivity index (χ3n) is 1.10. The monoisotopic (exact) mass is 204 g/mol. The molecule has 0 saturated heterocycles. The van der Waals surface area contributed by atoms with E-state index in [2.05, 4.69) is 17.5 Å². The SMILES string of the molecule is CC(C)(C)OCC(=O)NCC(N)=S. The number of nitrogens with two attached hydrogens (primary N) is 1. The molecule has 4 nitrogen and oxygen atoms in total. The smallest absolute Gasteiger partial charge is 0.246 e. The molecule has 13 heavy (non-hydrogen) atoms. The van der Waals surface area contributed by atoms with Crippen LogP contribution < -0.4 is 11.1 Å². The Bertz CT molecular complexity index is 199. The van der Waals surface area contributed by atoms with E-state index in [1.165, 1.54) is 0 Å². The van der Waals surface area contributed by atoms with Gasteiger partial charge in [0.1, 0.15) is 6.61 Å². The third-order valence-corrected chi connectivity index (χ3v) is 1.24. The van der Waals surface area contributed by atoms with Crippen molar-refractivity contribution in [1.29, 1.82) is 0 Å². The fourth-order valence-corrected chi connectivity index (χ4v) is 0.591. The topological polar surface area (TPSA) is 64.3 Å². The Kier molecular flexibility index (Phi) is 4.87. The van der Waals surface area contributed by atoms with Crippen LogP contribution in [-0.4, -0.2) is 29.6 Å². The van der Waals surface area contributed by atoms with Crippen molar-refractivity contribution < 1.29 is 9.53 Å². The summed E-state index contributed by atoms with van der Waals surface area (Å²) in [5.41, 5.74) is 4.89. The molecule has 0 atom stereocenters. The maximum atomic E-state index is 11.0. The molecule has 0 aliphatic heterocycles. The maximum absolute atomic E-state index is 11.0. The van der Waals surface area contributed by atoms with Crippen LogP contribution in [0.4, 0.5) is 0 Å². The van der Waals surface area contributed by atoms with Crippen molar-refractivity contribution in [2.75, 3.05) is 13.2 Å². The lowest BCUT2D eigenvalue weighted by atomic mass is 10.2. The second-order valence-corrected chi connectivity index (χ2v) is 4.17. The second kappa shape index (κ2) is 5.14. The summed E-state index contributed by atoms with van der Waals surface area (Å²) in [7, 11) is 0. The molecule has 0 heterocycles. The van der Waals surface area contributed by atoms with Gasteiger partial charge >= 0.3 is 0 Å². The molecule has 0 bridgehead atoms. The predicted molar refractivity (Wildman–Crippen MR) is 55.5 cm³/mol. The normalized spacial score (nSPS) is 11.0. The average molecular weight is 204 g/mol. The lowest BCUT2D eigenvalue weighted by molar-refractivity contribution is -0.130. The van der Waals surface area contributed by atoms with Crippen molar-refractivity contribution in [3.63, 3.8) is 0 Å². The molecule has 0 aromatic carbocycles. The van der Waals surface area contributed by atoms with Crippen molar-refractivity contribution in [2.45, 2.75) is 26.4 Å². The van der Waals surface area contributed by atoms with Gasteiger partial charge < -0.3 is 15.8 Å². The van der Waals surface area contributed by atoms with Gasteiger partial charge in [0, 0.05) is 0 Å². The van der Waals surface area contributed by atoms with Gasteiger partial charge in [0.05, 0.1) is 17.1 Å². The van der Waals surface area contributed by atoms with Crippen LogP contribution in [-0.2, 0) is 9.53 Å². The van der Waals surface area contributed by atoms with Crippen LogP contribution in [0.15, 0.2) is 0 Å². The summed E-state index contributed by atoms with van der Waals surface area (Å²) >= 11 is 4.59. The third kappa shape index (κ3) is 9.23. The summed E-state index contributed by atoms with van der Waals surface area (Å²) in [4.78, 5) is 11.3. The summed E-state index contributed by atoms with van der Waals surface area (Å²) in [6.07, 6.45) is 0. The van der Waals surface area contributed by atoms with Crippen molar-refractivity contribution in [3.05, 3.63) is 0 Å². The van der Waals surface area contributed by atoms with Crippen LogP contribution >= 0.6 is 12.2 Å². The van der Waals surface area contributed by atoms with E-state index in [1.54, 1.807) is 0 Å². The Morgan fingerprint density at radius 3 is 2.46 bits per heavy atom. The van der Waals surface area contributed by atoms with Crippen LogP contribution in [0.3, 0.4) is 0 Å². The van der Waals surface area contributed by atoms with E-state index >= 15 is 0 Å². The molecule has 0 fully saturated rings. The predicted octanol–water partition coefficient (Wildman–Crippen LogP) is 0.204. The molecular weight excluding hydrogens is 188 g/mol. The van der Waals surface area contributed by atoms with Gasteiger partial charge in [0.2, 0.25) is 5.91 Å². The number of nitrogens with one attached hydrogen (secondary N) is 1. The molecule has 0 rings (SSSR count). The molecule has 0 aromatic heterocycles. The Balaban J connectivity index is 3.58. The first-order valence-electron chi connectivity index (χ1n) is 4.00. The van der Waals surface area contributed by atoms with Gasteiger partial charge in [-0.25, -0.2) is 0 Å². The lowest BCUT2D eigenvalue weighted by Crippen LogP contribution is -2.36. The highest BCUT2D eigenvalue weighted by atomic mass is 32.1. The Labute approximate surface area is 83.8 Å². The first-order valence-corrected chi connectivity index (χ1v) is 4.41. The van der Waals surface area contributed by atoms with E-state index in [1.807, 2.05) is 20.8 Å². The molecule has 76 valence electrons. The average Bonchev–Trinajstić information content (AvgIpc) is 1.95. The van der Waals surface area contributed by atoms with E-state index in [9.17, 15) is 4.79 Å². The molecule has 0 radical (unpaired) electrons. The fraction of sp³-hybridized carbons (Fsp3) is 0.750. The number of hydrogen-bond donors (Lipinski definition) is 2. The van der Waals surface area contributed by atoms with Gasteiger partial charge in [-0.05, 0) is 20.8 Å². The highest BCUT2D eigenvalue weighted by molar-refractivity contribution is 7.80. The summed E-state index contributed by atoms with van der Waals surface area (Å²) in [5, 5.41) is 2.52. The van der Waals surface area contributed by atoms with E-state index in [-0.39, 0.29) is 29.6 Å². The first kappa shape index (κ1) is 12.3. The Morgan fingerprint density at radius 1 is 1.54 bits per heavy atom. The van der Waals surface area contributed by atoms with Crippen molar-refractivity contribution in [2.24, 2.45) is 5.73 Å². The standard InChI is InChI=1S/C8H16N2O2S/c1-8(2,3)12-5-7(11)10-4-6(9)13/h4-5H2,1-3H3,(H2,9,13)(H,10,11). The second-order valence-electron chi connectivity index (χ2n) is 3.64. The molecule has 3 N–H and O–H groups in total. The molecule has 5 heteroatoms. The fourth-order valence-electron chi connectivity index (χ4n) is 0.519. The largest absolute Gasteiger partial charge is 0.392 e. The first-order chi connectivity index (χ1) is 5.81. The van der Waals surface area contributed by atoms with Gasteiger partial charge in [-0.2, -0.15) is 0 Å². The highest BCUT2D eigenvalue weighted by Crippen LogP contribution is 2.05. The minimum atomic E-state index is -0.305. The molecular formula is C8H16N2O2S. The van der Waals surface area contributed by atoms with Crippen LogP contribution in [0.2, 0.25) is 0 Å². The summed E-state index contributed by atoms with van der Waals surface area (Å²) < 4.78 is 5.23. The van der Waals surface area contributed by atoms with Crippen molar-refractivity contribution in [1.82, 2.24) is 5.32 Å². The van der Waals surface area contributed by atoms with Gasteiger partial charge in [-0.1, -0.05) is 12.2 Å². The molecule has 0 aliphatic rings. The number of rotatable bonds is 4. The summed E-state index contributed by atoms with van der Waals surface area (Å²) in [6, 6.07) is 0. The highest BCUT2D eigenvalue weighted by Gasteiger charge is 2.12. The molecule has 0 aliphatic carbocycles. The molecule has 0 unspecified atom stereocenters. The quantitative estimate of drug-likeness (QED) is 0.642. The van der Waals surface area contributed by atoms with Crippen LogP contribution in [0, 0.1) is 0 Å². The summed E-state index contributed by atoms with van der Waals surface area (Å²) in [6.45, 7) is 5.91. The Hall–Kier alpha value is -0.680. The number of thiocarbonyl (C=S) groups is 1. The van der Waals surface area contributed by atoms with E-state index in [0.717, 1.165) is 0 Å². The maximum Gasteiger partial charge on any atom is 0.246 e. The van der Waals surface area contributed by atoms with Crippen LogP contribution in [0.1, 0.15) is 20.8 Å². The van der Waals surface area contributed by atoms with Gasteiger partial charge in [-0.3, -0.25) is 4.79 Å². The molecule has 0 spiro atoms. The van der Waals surface area contributed by atoms with Gasteiger partial charge in [-0.15, -0.1) is 0 Å². The summed E-state index contributed by atoms with van der Waals surface area (Å²) in [5.74, 6) is -0.206. The number of ether oxygens (including phenoxy) is 1. The molecule has 1 amide bonds. The minimum absolute atomic E-state index is 0.0338. The molecule has 0 aromatic rings. The molecule has 0 saturated carbocycles. The Morgan fingerprint density at radius 2 is 2.08 bits per heavy atom. The van der Waals surface area contributed by atoms with E-state index in [0.29, 0.717) is 0 Å². The number of carbonyl (C=O) groups excluding carboxylic acids is 1. The number of hydrogen-bond acceptors (Lipinski definition) is 3. The van der Waals surface area contributed by atoms with Crippen molar-refractivity contribution >= 4 is 23.1 Å². The van der Waals surface area contributed by atoms with Crippen molar-refractivity contribution in [3.8, 4) is 0 Å². The number of carbonyl (C=O) groups is 1. The number of amides is 1. The lowest BCUT2D eigenvalue weighted by Gasteiger charge is -2.18. The van der Waals surface area contributed by atoms with E-state index in [4.69, 9.17) is 10.5 Å². The minimum Gasteiger partial charge on any atom is -0.392 e. The zero-order chi connectivity index (χ0) is 10.5. The van der Waals surface area contributed by atoms with E-state index < -0.39 is 0 Å². The van der Waals surface area contributed by atoms with Crippen LogP contribution in [0.5, 0.6) is 0 Å². The van der Waals surface area contributed by atoms with Crippen LogP contribution in [0.25, 0.3) is 0 Å². The van der Waals surface area contributed by atoms with Gasteiger partial charge in [0.25, 0.3) is 0 Å².